The van der Waals surface area contributed by atoms with Gasteiger partial charge in [0.25, 0.3) is 5.89 Å². The van der Waals surface area contributed by atoms with E-state index in [4.69, 9.17) is 16.1 Å². The van der Waals surface area contributed by atoms with Crippen molar-refractivity contribution in [2.24, 2.45) is 0 Å². The Kier molecular flexibility index (Phi) is 3.35. The van der Waals surface area contributed by atoms with Crippen molar-refractivity contribution in [1.29, 1.82) is 0 Å². The molecule has 0 saturated heterocycles. The van der Waals surface area contributed by atoms with Gasteiger partial charge in [0.2, 0.25) is 0 Å². The van der Waals surface area contributed by atoms with Gasteiger partial charge < -0.3 is 9.63 Å². The Morgan fingerprint density at radius 2 is 1.95 bits per heavy atom. The molecule has 0 aliphatic rings. The molecule has 0 unspecified atom stereocenters. The standard InChI is InChI=1S/C14H10ClN3O2/c15-10-5-3-9(4-6-10)8-12-17-14(20-18-12)13-11(19)2-1-7-16-13/h1-7,19H,8H2. The van der Waals surface area contributed by atoms with E-state index in [0.717, 1.165) is 5.56 Å². The molecule has 2 heterocycles. The molecule has 0 saturated carbocycles. The third kappa shape index (κ3) is 2.62. The Bertz CT molecular complexity index is 725. The zero-order valence-corrected chi connectivity index (χ0v) is 11.1. The van der Waals surface area contributed by atoms with Crippen LogP contribution >= 0.6 is 11.6 Å². The Labute approximate surface area is 119 Å². The van der Waals surface area contributed by atoms with Gasteiger partial charge in [-0.2, -0.15) is 4.98 Å². The predicted molar refractivity (Wildman–Crippen MR) is 73.5 cm³/mol. The molecule has 20 heavy (non-hydrogen) atoms. The average molecular weight is 288 g/mol. The molecule has 6 heteroatoms. The number of nitrogens with zero attached hydrogens (tertiary/aromatic N) is 3. The fourth-order valence-electron chi connectivity index (χ4n) is 1.77. The topological polar surface area (TPSA) is 72.0 Å². The molecule has 1 aromatic carbocycles. The molecule has 0 atom stereocenters. The summed E-state index contributed by atoms with van der Waals surface area (Å²) in [7, 11) is 0. The van der Waals surface area contributed by atoms with E-state index in [9.17, 15) is 5.11 Å². The van der Waals surface area contributed by atoms with Gasteiger partial charge in [0.1, 0.15) is 5.75 Å². The van der Waals surface area contributed by atoms with E-state index in [2.05, 4.69) is 15.1 Å². The smallest absolute Gasteiger partial charge is 0.280 e. The summed E-state index contributed by atoms with van der Waals surface area (Å²) in [6.45, 7) is 0. The van der Waals surface area contributed by atoms with E-state index in [1.54, 1.807) is 12.3 Å². The minimum absolute atomic E-state index is 0.00851. The molecule has 0 aliphatic heterocycles. The first-order valence-electron chi connectivity index (χ1n) is 5.94. The Morgan fingerprint density at radius 3 is 2.70 bits per heavy atom. The maximum Gasteiger partial charge on any atom is 0.280 e. The Balaban J connectivity index is 1.84. The number of hydrogen-bond donors (Lipinski definition) is 1. The predicted octanol–water partition coefficient (Wildman–Crippen LogP) is 3.08. The van der Waals surface area contributed by atoms with E-state index in [-0.39, 0.29) is 17.3 Å². The second-order valence-electron chi connectivity index (χ2n) is 4.19. The van der Waals surface area contributed by atoms with Crippen molar-refractivity contribution in [3.8, 4) is 17.3 Å². The minimum atomic E-state index is 0.00851. The molecule has 0 radical (unpaired) electrons. The molecule has 5 nitrogen and oxygen atoms in total. The van der Waals surface area contributed by atoms with Crippen LogP contribution in [0, 0.1) is 0 Å². The van der Waals surface area contributed by atoms with Gasteiger partial charge in [-0.1, -0.05) is 28.9 Å². The van der Waals surface area contributed by atoms with Crippen LogP contribution in [0.15, 0.2) is 47.1 Å². The summed E-state index contributed by atoms with van der Waals surface area (Å²) < 4.78 is 5.12. The van der Waals surface area contributed by atoms with Crippen molar-refractivity contribution in [1.82, 2.24) is 15.1 Å². The van der Waals surface area contributed by atoms with Crippen LogP contribution < -0.4 is 0 Å². The molecular formula is C14H10ClN3O2. The number of pyridine rings is 1. The van der Waals surface area contributed by atoms with Crippen LogP contribution in [0.5, 0.6) is 5.75 Å². The van der Waals surface area contributed by atoms with E-state index in [0.29, 0.717) is 17.3 Å². The molecule has 100 valence electrons. The second-order valence-corrected chi connectivity index (χ2v) is 4.63. The highest BCUT2D eigenvalue weighted by Crippen LogP contribution is 2.24. The van der Waals surface area contributed by atoms with Crippen molar-refractivity contribution in [2.75, 3.05) is 0 Å². The summed E-state index contributed by atoms with van der Waals surface area (Å²) in [6, 6.07) is 10.6. The Morgan fingerprint density at radius 1 is 1.15 bits per heavy atom. The third-order valence-corrected chi connectivity index (χ3v) is 2.98. The lowest BCUT2D eigenvalue weighted by molar-refractivity contribution is 0.416. The van der Waals surface area contributed by atoms with Crippen LogP contribution in [-0.4, -0.2) is 20.2 Å². The van der Waals surface area contributed by atoms with E-state index < -0.39 is 0 Å². The van der Waals surface area contributed by atoms with Gasteiger partial charge in [0, 0.05) is 17.6 Å². The number of aromatic hydroxyl groups is 1. The first kappa shape index (κ1) is 12.6. The quantitative estimate of drug-likeness (QED) is 0.801. The normalized spacial score (nSPS) is 10.7. The minimum Gasteiger partial charge on any atom is -0.505 e. The number of aromatic nitrogens is 3. The van der Waals surface area contributed by atoms with Crippen molar-refractivity contribution in [2.45, 2.75) is 6.42 Å². The fourth-order valence-corrected chi connectivity index (χ4v) is 1.89. The number of hydrogen-bond acceptors (Lipinski definition) is 5. The van der Waals surface area contributed by atoms with Crippen LogP contribution in [0.25, 0.3) is 11.6 Å². The first-order valence-corrected chi connectivity index (χ1v) is 6.31. The van der Waals surface area contributed by atoms with Crippen LogP contribution in [-0.2, 0) is 6.42 Å². The first-order chi connectivity index (χ1) is 9.72. The van der Waals surface area contributed by atoms with E-state index in [1.807, 2.05) is 24.3 Å². The lowest BCUT2D eigenvalue weighted by atomic mass is 10.1. The largest absolute Gasteiger partial charge is 0.505 e. The van der Waals surface area contributed by atoms with Crippen LogP contribution in [0.1, 0.15) is 11.4 Å². The third-order valence-electron chi connectivity index (χ3n) is 2.73. The van der Waals surface area contributed by atoms with Crippen LogP contribution in [0.2, 0.25) is 5.02 Å². The van der Waals surface area contributed by atoms with Gasteiger partial charge in [0.05, 0.1) is 0 Å². The van der Waals surface area contributed by atoms with Gasteiger partial charge in [0.15, 0.2) is 11.5 Å². The summed E-state index contributed by atoms with van der Waals surface area (Å²) >= 11 is 5.83. The number of benzene rings is 1. The van der Waals surface area contributed by atoms with E-state index >= 15 is 0 Å². The monoisotopic (exact) mass is 287 g/mol. The fraction of sp³-hybridized carbons (Fsp3) is 0.0714. The summed E-state index contributed by atoms with van der Waals surface area (Å²) in [4.78, 5) is 8.24. The zero-order valence-electron chi connectivity index (χ0n) is 10.3. The highest BCUT2D eigenvalue weighted by Gasteiger charge is 2.14. The van der Waals surface area contributed by atoms with Crippen molar-refractivity contribution < 1.29 is 9.63 Å². The maximum absolute atomic E-state index is 9.69. The molecule has 2 aromatic heterocycles. The molecule has 0 fully saturated rings. The molecule has 0 amide bonds. The van der Waals surface area contributed by atoms with Crippen molar-refractivity contribution in [3.63, 3.8) is 0 Å². The lowest BCUT2D eigenvalue weighted by Crippen LogP contribution is -1.91. The molecule has 3 rings (SSSR count). The summed E-state index contributed by atoms with van der Waals surface area (Å²) in [5, 5.41) is 14.3. The van der Waals surface area contributed by atoms with Crippen molar-refractivity contribution >= 4 is 11.6 Å². The summed E-state index contributed by atoms with van der Waals surface area (Å²) in [5.74, 6) is 0.730. The van der Waals surface area contributed by atoms with Crippen LogP contribution in [0.3, 0.4) is 0 Å². The highest BCUT2D eigenvalue weighted by molar-refractivity contribution is 6.30. The SMILES string of the molecule is Oc1cccnc1-c1nc(Cc2ccc(Cl)cc2)no1. The molecule has 0 bridgehead atoms. The molecule has 3 aromatic rings. The summed E-state index contributed by atoms with van der Waals surface area (Å²) in [6.07, 6.45) is 2.08. The molecule has 1 N–H and O–H groups in total. The summed E-state index contributed by atoms with van der Waals surface area (Å²) in [5.41, 5.74) is 1.30. The second kappa shape index (κ2) is 5.30. The van der Waals surface area contributed by atoms with Gasteiger partial charge in [-0.25, -0.2) is 4.98 Å². The molecule has 0 aliphatic carbocycles. The van der Waals surface area contributed by atoms with Crippen LogP contribution in [0.4, 0.5) is 0 Å². The lowest BCUT2D eigenvalue weighted by Gasteiger charge is -1.96. The van der Waals surface area contributed by atoms with Gasteiger partial charge in [-0.05, 0) is 29.8 Å². The van der Waals surface area contributed by atoms with Gasteiger partial charge in [-0.3, -0.25) is 0 Å². The number of halogens is 1. The zero-order chi connectivity index (χ0) is 13.9. The molecule has 0 spiro atoms. The molecular weight excluding hydrogens is 278 g/mol. The van der Waals surface area contributed by atoms with Gasteiger partial charge in [-0.15, -0.1) is 0 Å². The van der Waals surface area contributed by atoms with Gasteiger partial charge >= 0.3 is 0 Å². The number of rotatable bonds is 3. The average Bonchev–Trinajstić information content (AvgIpc) is 2.90. The highest BCUT2D eigenvalue weighted by atomic mass is 35.5. The Hall–Kier alpha value is -2.40. The van der Waals surface area contributed by atoms with Crippen molar-refractivity contribution in [3.05, 3.63) is 59.0 Å². The maximum atomic E-state index is 9.69. The van der Waals surface area contributed by atoms with E-state index in [1.165, 1.54) is 6.07 Å².